The molecular weight excluding hydrogens is 250 g/mol. The van der Waals surface area contributed by atoms with Crippen LogP contribution in [0, 0.1) is 6.92 Å². The molecule has 0 atom stereocenters. The molecule has 16 heavy (non-hydrogen) atoms. The molecule has 0 aliphatic heterocycles. The van der Waals surface area contributed by atoms with Crippen molar-refractivity contribution in [3.63, 3.8) is 0 Å². The van der Waals surface area contributed by atoms with Gasteiger partial charge in [-0.15, -0.1) is 0 Å². The second kappa shape index (κ2) is 3.95. The number of aryl methyl sites for hydroxylation is 1. The summed E-state index contributed by atoms with van der Waals surface area (Å²) in [5, 5.41) is 0. The SMILES string of the molecule is Cc1[nH]c(=O)sc1S(=O)(=O)NC1CC(N)C1. The van der Waals surface area contributed by atoms with Gasteiger partial charge in [0.2, 0.25) is 0 Å². The van der Waals surface area contributed by atoms with E-state index in [2.05, 4.69) is 9.71 Å². The fraction of sp³-hybridized carbons (Fsp3) is 0.625. The third-order valence-electron chi connectivity index (χ3n) is 2.52. The van der Waals surface area contributed by atoms with Crippen molar-refractivity contribution >= 4 is 21.4 Å². The van der Waals surface area contributed by atoms with Gasteiger partial charge in [0.1, 0.15) is 0 Å². The Hall–Kier alpha value is -0.700. The topological polar surface area (TPSA) is 105 Å². The van der Waals surface area contributed by atoms with Gasteiger partial charge in [-0.1, -0.05) is 11.3 Å². The number of hydrogen-bond acceptors (Lipinski definition) is 5. The Bertz CT molecular complexity index is 539. The Labute approximate surface area is 96.9 Å². The molecule has 0 aromatic carbocycles. The molecule has 0 bridgehead atoms. The minimum absolute atomic E-state index is 0.0676. The predicted octanol–water partition coefficient (Wildman–Crippen LogP) is -0.487. The number of rotatable bonds is 3. The molecule has 1 heterocycles. The number of hydrogen-bond donors (Lipinski definition) is 3. The van der Waals surface area contributed by atoms with Crippen molar-refractivity contribution in [2.75, 3.05) is 0 Å². The van der Waals surface area contributed by atoms with Crippen molar-refractivity contribution in [2.45, 2.75) is 36.1 Å². The van der Waals surface area contributed by atoms with E-state index >= 15 is 0 Å². The van der Waals surface area contributed by atoms with E-state index in [9.17, 15) is 13.2 Å². The van der Waals surface area contributed by atoms with E-state index in [1.165, 1.54) is 0 Å². The van der Waals surface area contributed by atoms with E-state index in [4.69, 9.17) is 5.73 Å². The van der Waals surface area contributed by atoms with Crippen molar-refractivity contribution in [3.05, 3.63) is 15.4 Å². The molecule has 0 amide bonds. The molecule has 0 spiro atoms. The van der Waals surface area contributed by atoms with Crippen molar-refractivity contribution in [2.24, 2.45) is 5.73 Å². The van der Waals surface area contributed by atoms with Gasteiger partial charge in [0.25, 0.3) is 10.0 Å². The van der Waals surface area contributed by atoms with E-state index in [0.717, 1.165) is 0 Å². The van der Waals surface area contributed by atoms with Gasteiger partial charge < -0.3 is 10.7 Å². The van der Waals surface area contributed by atoms with Crippen molar-refractivity contribution in [3.8, 4) is 0 Å². The minimum atomic E-state index is -3.57. The fourth-order valence-electron chi connectivity index (χ4n) is 1.68. The average molecular weight is 263 g/mol. The molecule has 6 nitrogen and oxygen atoms in total. The molecule has 1 fully saturated rings. The predicted molar refractivity (Wildman–Crippen MR) is 61.0 cm³/mol. The van der Waals surface area contributed by atoms with Gasteiger partial charge in [0, 0.05) is 17.8 Å². The first-order valence-electron chi connectivity index (χ1n) is 4.86. The van der Waals surface area contributed by atoms with Crippen LogP contribution >= 0.6 is 11.3 Å². The fourth-order valence-corrected chi connectivity index (χ4v) is 4.26. The molecule has 0 saturated heterocycles. The van der Waals surface area contributed by atoms with Crippen LogP contribution < -0.4 is 15.3 Å². The third kappa shape index (κ3) is 2.19. The Morgan fingerprint density at radius 3 is 2.56 bits per heavy atom. The summed E-state index contributed by atoms with van der Waals surface area (Å²) in [7, 11) is -3.57. The summed E-state index contributed by atoms with van der Waals surface area (Å²) in [5.41, 5.74) is 5.95. The van der Waals surface area contributed by atoms with Gasteiger partial charge in [0.05, 0.1) is 0 Å². The molecule has 1 aromatic rings. The number of nitrogens with two attached hydrogens (primary N) is 1. The van der Waals surface area contributed by atoms with Crippen LogP contribution in [0.1, 0.15) is 18.5 Å². The molecule has 1 aromatic heterocycles. The van der Waals surface area contributed by atoms with E-state index in [-0.39, 0.29) is 21.2 Å². The minimum Gasteiger partial charge on any atom is -0.328 e. The third-order valence-corrected chi connectivity index (χ3v) is 5.65. The van der Waals surface area contributed by atoms with Gasteiger partial charge in [-0.05, 0) is 19.8 Å². The summed E-state index contributed by atoms with van der Waals surface area (Å²) >= 11 is 0.706. The summed E-state index contributed by atoms with van der Waals surface area (Å²) in [5.74, 6) is 0. The second-order valence-electron chi connectivity index (χ2n) is 3.98. The van der Waals surface area contributed by atoms with Crippen LogP contribution in [0.2, 0.25) is 0 Å². The highest BCUT2D eigenvalue weighted by molar-refractivity contribution is 7.91. The van der Waals surface area contributed by atoms with Gasteiger partial charge in [0.15, 0.2) is 4.21 Å². The first-order valence-corrected chi connectivity index (χ1v) is 7.16. The highest BCUT2D eigenvalue weighted by atomic mass is 32.2. The van der Waals surface area contributed by atoms with Crippen molar-refractivity contribution in [1.29, 1.82) is 0 Å². The average Bonchev–Trinajstić information content (AvgIpc) is 2.43. The first kappa shape index (κ1) is 11.8. The zero-order valence-corrected chi connectivity index (χ0v) is 10.3. The van der Waals surface area contributed by atoms with E-state index in [0.29, 0.717) is 29.9 Å². The Balaban J connectivity index is 2.19. The van der Waals surface area contributed by atoms with Crippen LogP contribution in [0.5, 0.6) is 0 Å². The van der Waals surface area contributed by atoms with Gasteiger partial charge in [-0.25, -0.2) is 13.1 Å². The molecule has 4 N–H and O–H groups in total. The second-order valence-corrected chi connectivity index (χ2v) is 6.87. The summed E-state index contributed by atoms with van der Waals surface area (Å²) in [6.45, 7) is 1.57. The number of H-pyrrole nitrogens is 1. The van der Waals surface area contributed by atoms with E-state index in [1.807, 2.05) is 0 Å². The van der Waals surface area contributed by atoms with Gasteiger partial charge >= 0.3 is 4.87 Å². The maximum atomic E-state index is 11.9. The van der Waals surface area contributed by atoms with Gasteiger partial charge in [-0.3, -0.25) is 4.79 Å². The largest absolute Gasteiger partial charge is 0.328 e. The maximum Gasteiger partial charge on any atom is 0.305 e. The number of nitrogens with one attached hydrogen (secondary N) is 2. The summed E-state index contributed by atoms with van der Waals surface area (Å²) in [4.78, 5) is 13.1. The molecule has 90 valence electrons. The smallest absolute Gasteiger partial charge is 0.305 e. The Morgan fingerprint density at radius 2 is 2.12 bits per heavy atom. The Morgan fingerprint density at radius 1 is 1.50 bits per heavy atom. The number of aromatic nitrogens is 1. The molecule has 0 radical (unpaired) electrons. The molecule has 1 aliphatic rings. The molecule has 1 saturated carbocycles. The van der Waals surface area contributed by atoms with Crippen molar-refractivity contribution in [1.82, 2.24) is 9.71 Å². The lowest BCUT2D eigenvalue weighted by Gasteiger charge is -2.32. The lowest BCUT2D eigenvalue weighted by Crippen LogP contribution is -2.50. The monoisotopic (exact) mass is 263 g/mol. The molecule has 2 rings (SSSR count). The number of thiazole rings is 1. The summed E-state index contributed by atoms with van der Waals surface area (Å²) < 4.78 is 26.4. The highest BCUT2D eigenvalue weighted by Gasteiger charge is 2.31. The van der Waals surface area contributed by atoms with Crippen LogP contribution in [0.25, 0.3) is 0 Å². The van der Waals surface area contributed by atoms with E-state index < -0.39 is 10.0 Å². The lowest BCUT2D eigenvalue weighted by atomic mass is 9.89. The molecular formula is C8H13N3O3S2. The molecule has 1 aliphatic carbocycles. The summed E-state index contributed by atoms with van der Waals surface area (Å²) in [6.07, 6.45) is 1.30. The van der Waals surface area contributed by atoms with Crippen molar-refractivity contribution < 1.29 is 8.42 Å². The zero-order chi connectivity index (χ0) is 11.9. The van der Waals surface area contributed by atoms with Crippen LogP contribution in [0.4, 0.5) is 0 Å². The lowest BCUT2D eigenvalue weighted by molar-refractivity contribution is 0.327. The molecule has 0 unspecified atom stereocenters. The number of sulfonamides is 1. The van der Waals surface area contributed by atoms with Crippen LogP contribution in [-0.4, -0.2) is 25.5 Å². The van der Waals surface area contributed by atoms with Crippen LogP contribution in [-0.2, 0) is 10.0 Å². The van der Waals surface area contributed by atoms with Crippen LogP contribution in [0.15, 0.2) is 9.00 Å². The maximum absolute atomic E-state index is 11.9. The Kier molecular flexibility index (Phi) is 2.91. The van der Waals surface area contributed by atoms with E-state index in [1.54, 1.807) is 6.92 Å². The standard InChI is InChI=1S/C8H13N3O3S2/c1-4-7(15-8(12)10-4)16(13,14)11-6-2-5(9)3-6/h5-6,11H,2-3,9H2,1H3,(H,10,12). The first-order chi connectivity index (χ1) is 7.38. The van der Waals surface area contributed by atoms with Gasteiger partial charge in [-0.2, -0.15) is 0 Å². The summed E-state index contributed by atoms with van der Waals surface area (Å²) in [6, 6.07) is -0.0182. The quantitative estimate of drug-likeness (QED) is 0.684. The highest BCUT2D eigenvalue weighted by Crippen LogP contribution is 2.22. The zero-order valence-electron chi connectivity index (χ0n) is 8.69. The molecule has 8 heteroatoms. The normalized spacial score (nSPS) is 25.4. The number of aromatic amines is 1. The van der Waals surface area contributed by atoms with Crippen LogP contribution in [0.3, 0.4) is 0 Å².